The van der Waals surface area contributed by atoms with Crippen LogP contribution in [-0.2, 0) is 59.6 Å². The first-order valence-electron chi connectivity index (χ1n) is 37.4. The highest BCUT2D eigenvalue weighted by Crippen LogP contribution is 2.33. The first kappa shape index (κ1) is 91.2. The summed E-state index contributed by atoms with van der Waals surface area (Å²) in [6, 6.07) is 50.7. The van der Waals surface area contributed by atoms with Gasteiger partial charge in [0.05, 0.1) is 75.5 Å². The monoisotopic (exact) mass is 1560 g/mol. The Morgan fingerprint density at radius 1 is 0.451 bits per heavy atom. The molecular weight excluding hydrogens is 1440 g/mol. The lowest BCUT2D eigenvalue weighted by Crippen LogP contribution is -2.18. The fourth-order valence-electron chi connectivity index (χ4n) is 10.4. The van der Waals surface area contributed by atoms with E-state index in [-0.39, 0.29) is 51.7 Å². The van der Waals surface area contributed by atoms with E-state index in [2.05, 4.69) is 188 Å². The molecule has 6 aromatic carbocycles. The van der Waals surface area contributed by atoms with Crippen molar-refractivity contribution >= 4 is 17.6 Å². The van der Waals surface area contributed by atoms with Gasteiger partial charge in [0.1, 0.15) is 47.5 Å². The Labute approximate surface area is 672 Å². The molecule has 1 aliphatic heterocycles. The van der Waals surface area contributed by atoms with Crippen molar-refractivity contribution in [3.05, 3.63) is 279 Å². The Kier molecular flexibility index (Phi) is 33.2. The van der Waals surface area contributed by atoms with Crippen LogP contribution < -0.4 is 4.74 Å². The first-order valence-corrected chi connectivity index (χ1v) is 37.8. The van der Waals surface area contributed by atoms with Crippen LogP contribution in [-0.4, -0.2) is 120 Å². The summed E-state index contributed by atoms with van der Waals surface area (Å²) in [5.41, 5.74) is 14.1. The molecule has 0 saturated heterocycles. The maximum Gasteiger partial charge on any atom is 0.331 e. The number of cyclic esters (lactones) is 1. The highest BCUT2D eigenvalue weighted by molar-refractivity contribution is 6.30. The Hall–Kier alpha value is -10.7. The number of rotatable bonds is 15. The highest BCUT2D eigenvalue weighted by atomic mass is 35.5. The Bertz CT molecular complexity index is 4790. The minimum atomic E-state index is -0.658. The number of hydrogen-bond acceptors (Lipinski definition) is 17. The quantitative estimate of drug-likeness (QED) is 0.0904. The van der Waals surface area contributed by atoms with Gasteiger partial charge in [0, 0.05) is 52.6 Å². The summed E-state index contributed by atoms with van der Waals surface area (Å²) < 4.78 is 33.6. The summed E-state index contributed by atoms with van der Waals surface area (Å²) in [4.78, 5) is 10.6. The molecule has 2 atom stereocenters. The van der Waals surface area contributed by atoms with Gasteiger partial charge in [-0.1, -0.05) is 290 Å². The zero-order valence-electron chi connectivity index (χ0n) is 69.1. The highest BCUT2D eigenvalue weighted by Gasteiger charge is 2.29. The summed E-state index contributed by atoms with van der Waals surface area (Å²) in [6.07, 6.45) is 11.8. The van der Waals surface area contributed by atoms with Gasteiger partial charge in [0.2, 0.25) is 0 Å². The van der Waals surface area contributed by atoms with Gasteiger partial charge >= 0.3 is 5.97 Å². The molecule has 0 spiro atoms. The number of halogens is 2. The predicted octanol–water partition coefficient (Wildman–Crippen LogP) is 17.9. The molecule has 0 bridgehead atoms. The van der Waals surface area contributed by atoms with E-state index in [1.165, 1.54) is 39.9 Å². The molecule has 113 heavy (non-hydrogen) atoms. The number of hydrogen-bond donors (Lipinski definition) is 2. The third-order valence-electron chi connectivity index (χ3n) is 17.1. The summed E-state index contributed by atoms with van der Waals surface area (Å²) in [5, 5.41) is 70.0. The number of nitrogens with zero attached hydrogens (tertiary/aromatic N) is 18. The number of carbonyl (C=O) groups is 1. The molecule has 13 rings (SSSR count). The van der Waals surface area contributed by atoms with E-state index in [4.69, 9.17) is 21.1 Å². The van der Waals surface area contributed by atoms with Gasteiger partial charge in [-0.15, -0.1) is 30.6 Å². The molecule has 23 nitrogen and oxygen atoms in total. The molecule has 7 heterocycles. The number of carbonyl (C=O) groups excluding carboxylic acids is 1. The van der Waals surface area contributed by atoms with Crippen LogP contribution in [0.15, 0.2) is 207 Å². The van der Waals surface area contributed by atoms with Gasteiger partial charge in [0.25, 0.3) is 0 Å². The lowest BCUT2D eigenvalue weighted by atomic mass is 9.87. The second-order valence-electron chi connectivity index (χ2n) is 34.2. The number of benzene rings is 6. The zero-order chi connectivity index (χ0) is 82.2. The summed E-state index contributed by atoms with van der Waals surface area (Å²) in [6.45, 7) is 46.2. The minimum absolute atomic E-state index is 0. The van der Waals surface area contributed by atoms with Crippen molar-refractivity contribution in [3.8, 4) is 17.0 Å². The topological polar surface area (TPSA) is 260 Å². The van der Waals surface area contributed by atoms with Gasteiger partial charge < -0.3 is 19.7 Å². The normalized spacial score (nSPS) is 12.6. The number of methoxy groups -OCH3 is 1. The van der Waals surface area contributed by atoms with Crippen molar-refractivity contribution in [2.75, 3.05) is 13.7 Å². The van der Waals surface area contributed by atoms with Crippen LogP contribution in [0.25, 0.3) is 11.3 Å². The van der Waals surface area contributed by atoms with Crippen molar-refractivity contribution in [2.45, 2.75) is 208 Å². The largest absolute Gasteiger partial charge is 0.497 e. The predicted molar refractivity (Wildman–Crippen MR) is 445 cm³/mol. The number of ether oxygens (including phenoxy) is 2. The smallest absolute Gasteiger partial charge is 0.331 e. The molecule has 2 unspecified atom stereocenters. The maximum atomic E-state index is 12.8. The summed E-state index contributed by atoms with van der Waals surface area (Å²) >= 11 is 5.84. The SMILES string of the molecule is C.CC(C)(C)C(O)c1cn(Cc2ccc(F)cc2)nn1.CC(C)(C)C(O)c1cn(Cc2ccccc2)nn1.CC(C)(C)C1=CC(=O)OC1.CC(C)(C)c1cn(Cc2ccc(Cl)cc2)nn1.CC(C)(C)c1cn(Cc2ccccc2)nn1.COc1ccc(-c2cn(CC(C)(C)C)nn2)cc1.Cc1ccc(Cn2cc(C)nn2)cc1. The Balaban J connectivity index is 0.000000206. The van der Waals surface area contributed by atoms with E-state index in [0.717, 1.165) is 76.4 Å². The molecule has 604 valence electrons. The van der Waals surface area contributed by atoms with Crippen molar-refractivity contribution in [2.24, 2.45) is 21.7 Å². The standard InChI is InChI=1S/C14H18FN3O.2C14H19N3O.C13H16ClN3.C13H17N3.C11H13N3.C8H12O2.CH4/c1-14(2,3)13(19)12-9-18(17-16-12)8-10-4-6-11(15)7-5-10;1-14(2,3)10-17-9-13(15-16-17)11-5-7-12(18-4)8-6-11;1-14(2,3)13(18)12-10-17(16-15-12)9-11-7-5-4-6-8-11;1-13(2,3)12-9-17(16-15-12)8-10-4-6-11(14)7-5-10;1-13(2,3)12-10-16(15-14-12)9-11-7-5-4-6-8-11;1-9-3-5-11(6-4-9)8-14-7-10(2)12-13-14;1-8(2,3)6-4-7(9)10-5-6;/h4-7,9,13,19H,8H2,1-3H3;5-9H,10H2,1-4H3;4-8,10,13,18H,9H2,1-3H3;4-7,9H,8H2,1-3H3;4-8,10H,9H2,1-3H3;3-7H,8H2,1-2H3;4H,5H2,1-3H3;1H4. The number of aromatic nitrogens is 18. The van der Waals surface area contributed by atoms with Gasteiger partial charge in [-0.3, -0.25) is 4.68 Å². The zero-order valence-corrected chi connectivity index (χ0v) is 69.8. The molecule has 0 radical (unpaired) electrons. The van der Waals surface area contributed by atoms with E-state index in [1.54, 1.807) is 40.9 Å². The van der Waals surface area contributed by atoms with Crippen molar-refractivity contribution in [3.63, 3.8) is 0 Å². The van der Waals surface area contributed by atoms with Crippen LogP contribution >= 0.6 is 11.6 Å². The van der Waals surface area contributed by atoms with Crippen LogP contribution in [0.2, 0.25) is 5.02 Å². The van der Waals surface area contributed by atoms with Crippen molar-refractivity contribution in [1.82, 2.24) is 90.0 Å². The fourth-order valence-corrected chi connectivity index (χ4v) is 10.5. The Morgan fingerprint density at radius 2 is 0.832 bits per heavy atom. The van der Waals surface area contributed by atoms with E-state index in [0.29, 0.717) is 31.1 Å². The number of aliphatic hydroxyl groups is 2. The number of esters is 1. The van der Waals surface area contributed by atoms with Crippen LogP contribution in [0.3, 0.4) is 0 Å². The third kappa shape index (κ3) is 31.8. The Morgan fingerprint density at radius 3 is 1.19 bits per heavy atom. The average molecular weight is 1560 g/mol. The first-order chi connectivity index (χ1) is 52.5. The van der Waals surface area contributed by atoms with Crippen LogP contribution in [0, 0.1) is 41.3 Å². The van der Waals surface area contributed by atoms with Crippen molar-refractivity contribution in [1.29, 1.82) is 0 Å². The fraction of sp³-hybridized carbons (Fsp3) is 0.420. The second kappa shape index (κ2) is 41.2. The molecule has 2 N–H and O–H groups in total. The molecule has 12 aromatic rings. The summed E-state index contributed by atoms with van der Waals surface area (Å²) in [7, 11) is 1.66. The number of aryl methyl sites for hydroxylation is 2. The van der Waals surface area contributed by atoms with E-state index in [9.17, 15) is 19.4 Å². The molecule has 6 aromatic heterocycles. The average Bonchev–Trinajstić information content (AvgIpc) is 1.76. The van der Waals surface area contributed by atoms with Crippen molar-refractivity contribution < 1.29 is 28.9 Å². The van der Waals surface area contributed by atoms with Gasteiger partial charge in [0.15, 0.2) is 0 Å². The lowest BCUT2D eigenvalue weighted by molar-refractivity contribution is -0.135. The van der Waals surface area contributed by atoms with E-state index < -0.39 is 12.2 Å². The van der Waals surface area contributed by atoms with Crippen LogP contribution in [0.1, 0.15) is 206 Å². The molecule has 0 saturated carbocycles. The maximum absolute atomic E-state index is 12.8. The van der Waals surface area contributed by atoms with E-state index >= 15 is 0 Å². The molecule has 0 amide bonds. The van der Waals surface area contributed by atoms with Gasteiger partial charge in [-0.2, -0.15) is 0 Å². The minimum Gasteiger partial charge on any atom is -0.497 e. The second-order valence-corrected chi connectivity index (χ2v) is 34.6. The molecule has 0 aliphatic carbocycles. The third-order valence-corrected chi connectivity index (χ3v) is 17.4. The summed E-state index contributed by atoms with van der Waals surface area (Å²) in [5.74, 6) is 0.386. The molecule has 1 aliphatic rings. The van der Waals surface area contributed by atoms with Gasteiger partial charge in [-0.05, 0) is 117 Å². The number of aliphatic hydroxyl groups excluding tert-OH is 2. The van der Waals surface area contributed by atoms with Crippen LogP contribution in [0.4, 0.5) is 4.39 Å². The van der Waals surface area contributed by atoms with Gasteiger partial charge in [-0.25, -0.2) is 32.6 Å². The van der Waals surface area contributed by atoms with Crippen LogP contribution in [0.5, 0.6) is 5.75 Å². The van der Waals surface area contributed by atoms with E-state index in [1.807, 2.05) is 195 Å². The lowest BCUT2D eigenvalue weighted by Gasteiger charge is -2.23. The molecule has 0 fully saturated rings. The molecular formula is C88H118ClFN18O5. The molecule has 25 heteroatoms.